The molecule has 0 radical (unpaired) electrons. The minimum Gasteiger partial charge on any atom is -0.388 e. The van der Waals surface area contributed by atoms with Gasteiger partial charge in [0, 0.05) is 14.2 Å². The number of methoxy groups -OCH3 is 1. The van der Waals surface area contributed by atoms with Crippen LogP contribution in [0.1, 0.15) is 12.0 Å². The molecule has 1 aliphatic rings. The van der Waals surface area contributed by atoms with Crippen LogP contribution < -0.4 is 5.32 Å². The molecule has 1 aliphatic heterocycles. The van der Waals surface area contributed by atoms with Crippen LogP contribution in [0.2, 0.25) is 0 Å². The summed E-state index contributed by atoms with van der Waals surface area (Å²) in [7, 11) is 3.25. The minimum absolute atomic E-state index is 1.25. The van der Waals surface area contributed by atoms with Crippen molar-refractivity contribution in [1.82, 2.24) is 5.32 Å². The highest BCUT2D eigenvalue weighted by Crippen LogP contribution is 1.92. The van der Waals surface area contributed by atoms with Crippen molar-refractivity contribution in [3.05, 3.63) is 35.9 Å². The molecule has 1 N–H and O–H groups in total. The van der Waals surface area contributed by atoms with E-state index < -0.39 is 0 Å². The van der Waals surface area contributed by atoms with Gasteiger partial charge in [0.1, 0.15) is 0 Å². The maximum atomic E-state index is 4.25. The van der Waals surface area contributed by atoms with E-state index in [0.717, 1.165) is 0 Å². The molecule has 1 saturated heterocycles. The zero-order valence-electron chi connectivity index (χ0n) is 9.42. The monoisotopic (exact) mass is 195 g/mol. The van der Waals surface area contributed by atoms with E-state index in [4.69, 9.17) is 0 Å². The third-order valence-electron chi connectivity index (χ3n) is 1.65. The van der Waals surface area contributed by atoms with Gasteiger partial charge in [0.2, 0.25) is 0 Å². The van der Waals surface area contributed by atoms with Crippen molar-refractivity contribution in [3.63, 3.8) is 0 Å². The lowest BCUT2D eigenvalue weighted by Gasteiger charge is -2.09. The van der Waals surface area contributed by atoms with Crippen LogP contribution in [-0.4, -0.2) is 27.3 Å². The molecule has 1 fully saturated rings. The summed E-state index contributed by atoms with van der Waals surface area (Å²) in [5.41, 5.74) is 1.32. The molecule has 0 bridgehead atoms. The predicted octanol–water partition coefficient (Wildman–Crippen LogP) is 2.24. The van der Waals surface area contributed by atoms with Crippen LogP contribution in [0.25, 0.3) is 0 Å². The van der Waals surface area contributed by atoms with E-state index in [0.29, 0.717) is 0 Å². The molecule has 14 heavy (non-hydrogen) atoms. The molecule has 2 rings (SSSR count). The van der Waals surface area contributed by atoms with Crippen LogP contribution in [0.15, 0.2) is 30.3 Å². The molecule has 0 aromatic heterocycles. The third-order valence-corrected chi connectivity index (χ3v) is 1.65. The van der Waals surface area contributed by atoms with Crippen molar-refractivity contribution in [1.29, 1.82) is 0 Å². The zero-order valence-corrected chi connectivity index (χ0v) is 9.42. The zero-order chi connectivity index (χ0) is 10.6. The van der Waals surface area contributed by atoms with Gasteiger partial charge in [-0.05, 0) is 26.4 Å². The van der Waals surface area contributed by atoms with Gasteiger partial charge >= 0.3 is 0 Å². The Morgan fingerprint density at radius 1 is 1.07 bits per heavy atom. The van der Waals surface area contributed by atoms with E-state index in [9.17, 15) is 0 Å². The van der Waals surface area contributed by atoms with Crippen LogP contribution >= 0.6 is 0 Å². The molecule has 2 heteroatoms. The first-order valence-corrected chi connectivity index (χ1v) is 4.93. The number of aryl methyl sites for hydroxylation is 1. The van der Waals surface area contributed by atoms with Gasteiger partial charge in [0.05, 0.1) is 0 Å². The Bertz CT molecular complexity index is 191. The Morgan fingerprint density at radius 2 is 1.43 bits per heavy atom. The number of nitrogens with one attached hydrogen (secondary N) is 1. The lowest BCUT2D eigenvalue weighted by molar-refractivity contribution is 0.277. The predicted molar refractivity (Wildman–Crippen MR) is 61.6 cm³/mol. The van der Waals surface area contributed by atoms with E-state index in [1.807, 2.05) is 18.2 Å². The van der Waals surface area contributed by atoms with Crippen molar-refractivity contribution < 1.29 is 4.74 Å². The van der Waals surface area contributed by atoms with E-state index in [-0.39, 0.29) is 0 Å². The molecule has 0 atom stereocenters. The molecule has 1 heterocycles. The summed E-state index contributed by atoms with van der Waals surface area (Å²) in [5.74, 6) is 0. The lowest BCUT2D eigenvalue weighted by atomic mass is 10.2. The molecule has 0 unspecified atom stereocenters. The Balaban J connectivity index is 0.000000206. The molecule has 0 amide bonds. The third kappa shape index (κ3) is 9.23. The maximum absolute atomic E-state index is 4.25. The second-order valence-electron chi connectivity index (χ2n) is 3.17. The fourth-order valence-corrected chi connectivity index (χ4v) is 0.711. The molecule has 80 valence electrons. The first-order chi connectivity index (χ1) is 6.81. The van der Waals surface area contributed by atoms with Gasteiger partial charge in [-0.1, -0.05) is 35.9 Å². The number of ether oxygens (including phenoxy) is 1. The van der Waals surface area contributed by atoms with Crippen LogP contribution in [0.5, 0.6) is 0 Å². The molecule has 0 saturated carbocycles. The molecule has 1 aromatic carbocycles. The van der Waals surface area contributed by atoms with Gasteiger partial charge in [-0.25, -0.2) is 0 Å². The molecular weight excluding hydrogens is 174 g/mol. The van der Waals surface area contributed by atoms with Crippen LogP contribution in [0.4, 0.5) is 0 Å². The molecule has 1 aromatic rings. The van der Waals surface area contributed by atoms with Gasteiger partial charge in [-0.15, -0.1) is 0 Å². The second-order valence-corrected chi connectivity index (χ2v) is 3.17. The van der Waals surface area contributed by atoms with Crippen molar-refractivity contribution in [2.24, 2.45) is 0 Å². The fraction of sp³-hybridized carbons (Fsp3) is 0.500. The Morgan fingerprint density at radius 3 is 1.57 bits per heavy atom. The largest absolute Gasteiger partial charge is 0.388 e. The first kappa shape index (κ1) is 13.1. The summed E-state index contributed by atoms with van der Waals surface area (Å²) in [4.78, 5) is 0. The molecular formula is C12H21NO. The summed E-state index contributed by atoms with van der Waals surface area (Å²) in [6.45, 7) is 4.58. The normalized spacial score (nSPS) is 12.5. The Hall–Kier alpha value is -0.860. The maximum Gasteiger partial charge on any atom is 0.0351 e. The number of benzene rings is 1. The van der Waals surface area contributed by atoms with Crippen molar-refractivity contribution in [2.75, 3.05) is 27.3 Å². The van der Waals surface area contributed by atoms with Gasteiger partial charge in [0.15, 0.2) is 0 Å². The first-order valence-electron chi connectivity index (χ1n) is 4.93. The quantitative estimate of drug-likeness (QED) is 0.685. The average Bonchev–Trinajstić information content (AvgIpc) is 2.03. The highest BCUT2D eigenvalue weighted by molar-refractivity contribution is 5.11. The summed E-state index contributed by atoms with van der Waals surface area (Å²) in [5, 5.41) is 3.11. The van der Waals surface area contributed by atoms with E-state index in [2.05, 4.69) is 29.1 Å². The second kappa shape index (κ2) is 10.2. The van der Waals surface area contributed by atoms with Gasteiger partial charge in [-0.3, -0.25) is 0 Å². The summed E-state index contributed by atoms with van der Waals surface area (Å²) in [6, 6.07) is 10.3. The standard InChI is InChI=1S/C7H8.C3H7N.C2H6O/c1-7-5-3-2-4-6-7;1-2-4-3-1;1-3-2/h2-6H,1H3;4H,1-3H2;1-2H3. The van der Waals surface area contributed by atoms with Gasteiger partial charge in [0.25, 0.3) is 0 Å². The number of rotatable bonds is 0. The van der Waals surface area contributed by atoms with Gasteiger partial charge in [-0.2, -0.15) is 0 Å². The molecule has 0 spiro atoms. The Labute approximate surface area is 87.3 Å². The van der Waals surface area contributed by atoms with Crippen LogP contribution in [-0.2, 0) is 4.74 Å². The average molecular weight is 195 g/mol. The van der Waals surface area contributed by atoms with E-state index in [1.54, 1.807) is 14.2 Å². The summed E-state index contributed by atoms with van der Waals surface area (Å²) >= 11 is 0. The topological polar surface area (TPSA) is 21.3 Å². The van der Waals surface area contributed by atoms with Crippen molar-refractivity contribution in [3.8, 4) is 0 Å². The highest BCUT2D eigenvalue weighted by Gasteiger charge is 1.92. The SMILES string of the molecule is C1CNC1.COC.Cc1ccccc1. The highest BCUT2D eigenvalue weighted by atomic mass is 16.4. The Kier molecular flexibility index (Phi) is 9.59. The van der Waals surface area contributed by atoms with Crippen LogP contribution in [0, 0.1) is 6.92 Å². The molecule has 0 aliphatic carbocycles. The van der Waals surface area contributed by atoms with Gasteiger partial charge < -0.3 is 10.1 Å². The van der Waals surface area contributed by atoms with Crippen LogP contribution in [0.3, 0.4) is 0 Å². The molecule has 2 nitrogen and oxygen atoms in total. The van der Waals surface area contributed by atoms with Crippen molar-refractivity contribution >= 4 is 0 Å². The minimum atomic E-state index is 1.25. The summed E-state index contributed by atoms with van der Waals surface area (Å²) in [6.07, 6.45) is 1.39. The fourth-order valence-electron chi connectivity index (χ4n) is 0.711. The summed E-state index contributed by atoms with van der Waals surface area (Å²) < 4.78 is 4.25. The number of hydrogen-bond donors (Lipinski definition) is 1. The number of hydrogen-bond acceptors (Lipinski definition) is 2. The van der Waals surface area contributed by atoms with E-state index >= 15 is 0 Å². The van der Waals surface area contributed by atoms with E-state index in [1.165, 1.54) is 25.1 Å². The van der Waals surface area contributed by atoms with Crippen molar-refractivity contribution in [2.45, 2.75) is 13.3 Å². The smallest absolute Gasteiger partial charge is 0.0351 e. The lowest BCUT2D eigenvalue weighted by Crippen LogP contribution is -2.29.